The van der Waals surface area contributed by atoms with Gasteiger partial charge in [0.15, 0.2) is 5.11 Å². The molecule has 0 radical (unpaired) electrons. The fraction of sp³-hybridized carbons (Fsp3) is 0.233. The third kappa shape index (κ3) is 4.74. The van der Waals surface area contributed by atoms with Crippen LogP contribution in [0.2, 0.25) is 0 Å². The Bertz CT molecular complexity index is 1430. The molecule has 5 rings (SSSR count). The quantitative estimate of drug-likeness (QED) is 0.304. The summed E-state index contributed by atoms with van der Waals surface area (Å²) >= 11 is 5.89. The molecule has 0 bridgehead atoms. The number of nitrogens with zero attached hydrogens (tertiary/aromatic N) is 3. The van der Waals surface area contributed by atoms with Gasteiger partial charge in [-0.15, -0.1) is 0 Å². The number of carbonyl (C=O) groups excluding carboxylic acids is 1. The van der Waals surface area contributed by atoms with E-state index in [0.29, 0.717) is 5.11 Å². The molecule has 2 aromatic heterocycles. The minimum atomic E-state index is -0.125. The van der Waals surface area contributed by atoms with Crippen molar-refractivity contribution in [3.63, 3.8) is 0 Å². The lowest BCUT2D eigenvalue weighted by Crippen LogP contribution is -2.29. The lowest BCUT2D eigenvalue weighted by Gasteiger charge is -2.28. The van der Waals surface area contributed by atoms with E-state index in [9.17, 15) is 4.79 Å². The van der Waals surface area contributed by atoms with Gasteiger partial charge in [-0.2, -0.15) is 0 Å². The average molecular weight is 510 g/mol. The molecule has 3 heterocycles. The molecule has 0 saturated carbocycles. The van der Waals surface area contributed by atoms with Crippen LogP contribution in [0.3, 0.4) is 0 Å². The van der Waals surface area contributed by atoms with Gasteiger partial charge < -0.3 is 20.1 Å². The molecule has 0 spiro atoms. The van der Waals surface area contributed by atoms with Gasteiger partial charge in [-0.05, 0) is 98.2 Å². The predicted molar refractivity (Wildman–Crippen MR) is 153 cm³/mol. The highest BCUT2D eigenvalue weighted by Gasteiger charge is 2.42. The molecule has 37 heavy (non-hydrogen) atoms. The second kappa shape index (κ2) is 10.2. The first-order valence-corrected chi connectivity index (χ1v) is 12.9. The molecule has 0 aliphatic carbocycles. The fourth-order valence-corrected chi connectivity index (χ4v) is 5.57. The van der Waals surface area contributed by atoms with Crippen LogP contribution in [0.4, 0.5) is 11.4 Å². The Hall–Kier alpha value is -3.97. The number of thiocarbonyl (C=S) groups is 1. The van der Waals surface area contributed by atoms with Crippen LogP contribution in [0, 0.1) is 13.8 Å². The Morgan fingerprint density at radius 2 is 1.73 bits per heavy atom. The van der Waals surface area contributed by atoms with E-state index >= 15 is 0 Å². The van der Waals surface area contributed by atoms with Gasteiger partial charge in [0.25, 0.3) is 0 Å². The Morgan fingerprint density at radius 3 is 2.35 bits per heavy atom. The molecule has 188 valence electrons. The van der Waals surface area contributed by atoms with Crippen molar-refractivity contribution in [2.75, 3.05) is 10.2 Å². The number of nitrogens with one attached hydrogen (secondary N) is 2. The maximum atomic E-state index is 11.5. The zero-order valence-corrected chi connectivity index (χ0v) is 22.3. The number of carbonyl (C=O) groups is 1. The van der Waals surface area contributed by atoms with Crippen molar-refractivity contribution in [1.29, 1.82) is 0 Å². The lowest BCUT2D eigenvalue weighted by molar-refractivity contribution is -0.114. The minimum Gasteiger partial charge on any atom is -0.351 e. The third-order valence-corrected chi connectivity index (χ3v) is 7.27. The second-order valence-corrected chi connectivity index (χ2v) is 9.79. The molecular formula is C30H31N5OS. The van der Waals surface area contributed by atoms with Gasteiger partial charge in [0.05, 0.1) is 17.8 Å². The molecular weight excluding hydrogens is 478 g/mol. The molecule has 1 saturated heterocycles. The number of benzene rings is 2. The fourth-order valence-electron chi connectivity index (χ4n) is 5.22. The van der Waals surface area contributed by atoms with E-state index in [1.165, 1.54) is 23.7 Å². The molecule has 2 unspecified atom stereocenters. The van der Waals surface area contributed by atoms with Crippen LogP contribution in [0.1, 0.15) is 54.1 Å². The van der Waals surface area contributed by atoms with Gasteiger partial charge in [0, 0.05) is 41.6 Å². The Kier molecular flexibility index (Phi) is 6.80. The van der Waals surface area contributed by atoms with E-state index in [4.69, 9.17) is 12.2 Å². The van der Waals surface area contributed by atoms with Gasteiger partial charge in [0.1, 0.15) is 0 Å². The number of aryl methyl sites for hydroxylation is 2. The zero-order valence-electron chi connectivity index (χ0n) is 21.5. The van der Waals surface area contributed by atoms with Crippen molar-refractivity contribution in [3.8, 4) is 5.69 Å². The normalized spacial score (nSPS) is 17.1. The topological polar surface area (TPSA) is 62.2 Å². The first-order chi connectivity index (χ1) is 17.9. The molecule has 1 fully saturated rings. The van der Waals surface area contributed by atoms with E-state index in [0.717, 1.165) is 34.9 Å². The molecule has 7 heteroatoms. The van der Waals surface area contributed by atoms with Crippen molar-refractivity contribution in [3.05, 3.63) is 107 Å². The van der Waals surface area contributed by atoms with Gasteiger partial charge >= 0.3 is 0 Å². The van der Waals surface area contributed by atoms with Crippen LogP contribution in [0.15, 0.2) is 79.0 Å². The molecule has 1 amide bonds. The molecule has 2 N–H and O–H groups in total. The minimum absolute atomic E-state index is 0.0985. The van der Waals surface area contributed by atoms with Crippen LogP contribution in [0.25, 0.3) is 5.69 Å². The zero-order chi connectivity index (χ0) is 26.1. The number of aromatic nitrogens is 2. The van der Waals surface area contributed by atoms with E-state index in [2.05, 4.69) is 76.2 Å². The number of hydrogen-bond donors (Lipinski definition) is 2. The molecule has 1 aliphatic rings. The van der Waals surface area contributed by atoms with Crippen LogP contribution in [-0.4, -0.2) is 20.6 Å². The van der Waals surface area contributed by atoms with E-state index in [1.54, 1.807) is 0 Å². The average Bonchev–Trinajstić information content (AvgIpc) is 3.39. The lowest BCUT2D eigenvalue weighted by atomic mass is 9.96. The molecule has 2 atom stereocenters. The first kappa shape index (κ1) is 24.7. The van der Waals surface area contributed by atoms with E-state index < -0.39 is 0 Å². The van der Waals surface area contributed by atoms with E-state index in [1.807, 2.05) is 48.7 Å². The summed E-state index contributed by atoms with van der Waals surface area (Å²) in [7, 11) is 0. The SMILES string of the molecule is CCc1ccc(-n2c(C)cc(C3C(c4ccccn4)NC(=S)N3c3ccc(NC(C)=O)cc3)c2C)cc1. The number of pyridine rings is 1. The van der Waals surface area contributed by atoms with Crippen molar-refractivity contribution < 1.29 is 4.79 Å². The standard InChI is InChI=1S/C30H31N5OS/c1-5-22-9-13-24(14-10-22)34-19(2)18-26(20(34)3)29-28(27-8-6-7-17-31-27)33-30(37)35(29)25-15-11-23(12-16-25)32-21(4)36/h6-18,28-29H,5H2,1-4H3,(H,32,36)(H,33,37). The number of hydrogen-bond acceptors (Lipinski definition) is 3. The first-order valence-electron chi connectivity index (χ1n) is 12.5. The molecule has 4 aromatic rings. The van der Waals surface area contributed by atoms with Crippen LogP contribution in [-0.2, 0) is 11.2 Å². The highest BCUT2D eigenvalue weighted by molar-refractivity contribution is 7.80. The summed E-state index contributed by atoms with van der Waals surface area (Å²) in [6, 6.07) is 24.6. The van der Waals surface area contributed by atoms with Gasteiger partial charge in [-0.3, -0.25) is 9.78 Å². The summed E-state index contributed by atoms with van der Waals surface area (Å²) in [6.07, 6.45) is 2.84. The highest BCUT2D eigenvalue weighted by atomic mass is 32.1. The summed E-state index contributed by atoms with van der Waals surface area (Å²) in [5.74, 6) is -0.0985. The third-order valence-electron chi connectivity index (χ3n) is 6.96. The number of anilines is 2. The molecule has 6 nitrogen and oxygen atoms in total. The maximum Gasteiger partial charge on any atom is 0.221 e. The number of rotatable bonds is 6. The Labute approximate surface area is 223 Å². The number of amides is 1. The van der Waals surface area contributed by atoms with E-state index in [-0.39, 0.29) is 18.0 Å². The monoisotopic (exact) mass is 509 g/mol. The van der Waals surface area contributed by atoms with Gasteiger partial charge in [-0.1, -0.05) is 25.1 Å². The van der Waals surface area contributed by atoms with Crippen LogP contribution >= 0.6 is 12.2 Å². The Morgan fingerprint density at radius 1 is 1.03 bits per heavy atom. The van der Waals surface area contributed by atoms with Gasteiger partial charge in [0.2, 0.25) is 5.91 Å². The largest absolute Gasteiger partial charge is 0.351 e. The van der Waals surface area contributed by atoms with Crippen LogP contribution in [0.5, 0.6) is 0 Å². The Balaban J connectivity index is 1.61. The summed E-state index contributed by atoms with van der Waals surface area (Å²) in [5, 5.41) is 7.02. The van der Waals surface area contributed by atoms with Crippen LogP contribution < -0.4 is 15.5 Å². The van der Waals surface area contributed by atoms with Crippen molar-refractivity contribution in [1.82, 2.24) is 14.9 Å². The predicted octanol–water partition coefficient (Wildman–Crippen LogP) is 6.19. The molecule has 1 aliphatic heterocycles. The second-order valence-electron chi connectivity index (χ2n) is 9.41. The summed E-state index contributed by atoms with van der Waals surface area (Å²) in [4.78, 5) is 18.4. The smallest absolute Gasteiger partial charge is 0.221 e. The summed E-state index contributed by atoms with van der Waals surface area (Å²) in [6.45, 7) is 8.00. The molecule has 2 aromatic carbocycles. The summed E-state index contributed by atoms with van der Waals surface area (Å²) in [5.41, 5.74) is 8.62. The van der Waals surface area contributed by atoms with Gasteiger partial charge in [-0.25, -0.2) is 0 Å². The highest BCUT2D eigenvalue weighted by Crippen LogP contribution is 2.43. The van der Waals surface area contributed by atoms with Crippen molar-refractivity contribution in [2.45, 2.75) is 46.2 Å². The van der Waals surface area contributed by atoms with Crippen molar-refractivity contribution in [2.24, 2.45) is 0 Å². The van der Waals surface area contributed by atoms with Crippen molar-refractivity contribution >= 4 is 34.6 Å². The summed E-state index contributed by atoms with van der Waals surface area (Å²) < 4.78 is 2.31. The maximum absolute atomic E-state index is 11.5.